The van der Waals surface area contributed by atoms with Gasteiger partial charge in [0.25, 0.3) is 6.43 Å². The summed E-state index contributed by atoms with van der Waals surface area (Å²) >= 11 is 0. The maximum atomic E-state index is 12.6. The first-order valence-corrected chi connectivity index (χ1v) is 4.85. The van der Waals surface area contributed by atoms with Gasteiger partial charge in [-0.15, -0.1) is 0 Å². The number of hydrogen-bond donors (Lipinski definition) is 1. The fraction of sp³-hybridized carbons (Fsp3) is 0.400. The molecule has 2 aromatic rings. The molecule has 0 radical (unpaired) electrons. The molecule has 0 saturated heterocycles. The van der Waals surface area contributed by atoms with Gasteiger partial charge >= 0.3 is 0 Å². The number of halogens is 2. The zero-order valence-electron chi connectivity index (χ0n) is 8.77. The van der Waals surface area contributed by atoms with Crippen molar-refractivity contribution in [3.05, 3.63) is 30.2 Å². The highest BCUT2D eigenvalue weighted by Gasteiger charge is 2.31. The van der Waals surface area contributed by atoms with E-state index in [1.807, 2.05) is 0 Å². The molecule has 6 heteroatoms. The topological polar surface area (TPSA) is 56.2 Å². The minimum absolute atomic E-state index is 0.0219. The van der Waals surface area contributed by atoms with E-state index in [-0.39, 0.29) is 6.42 Å². The Bertz CT molecular complexity index is 459. The van der Waals surface area contributed by atoms with Gasteiger partial charge in [0.1, 0.15) is 0 Å². The Morgan fingerprint density at radius 2 is 2.31 bits per heavy atom. The molecule has 0 saturated carbocycles. The van der Waals surface area contributed by atoms with Crippen molar-refractivity contribution in [1.29, 1.82) is 0 Å². The molecule has 16 heavy (non-hydrogen) atoms. The maximum Gasteiger partial charge on any atom is 0.256 e. The van der Waals surface area contributed by atoms with Crippen LogP contribution in [0, 0.1) is 0 Å². The second-order valence-electron chi connectivity index (χ2n) is 4.04. The smallest absolute Gasteiger partial charge is 0.256 e. The van der Waals surface area contributed by atoms with Crippen LogP contribution in [0.3, 0.4) is 0 Å². The van der Waals surface area contributed by atoms with Crippen LogP contribution in [0.25, 0.3) is 5.65 Å². The number of alkyl halides is 2. The molecule has 0 aliphatic carbocycles. The van der Waals surface area contributed by atoms with Crippen LogP contribution < -0.4 is 5.73 Å². The molecule has 0 spiro atoms. The minimum Gasteiger partial charge on any atom is -0.320 e. The lowest BCUT2D eigenvalue weighted by Crippen LogP contribution is -2.45. The molecule has 0 amide bonds. The van der Waals surface area contributed by atoms with E-state index in [1.54, 1.807) is 24.5 Å². The third kappa shape index (κ3) is 2.01. The maximum absolute atomic E-state index is 12.6. The fourth-order valence-corrected chi connectivity index (χ4v) is 1.43. The first kappa shape index (κ1) is 10.9. The average molecular weight is 226 g/mol. The number of nitrogens with two attached hydrogens (primary N) is 1. The van der Waals surface area contributed by atoms with Gasteiger partial charge in [0, 0.05) is 24.9 Å². The monoisotopic (exact) mass is 226 g/mol. The van der Waals surface area contributed by atoms with E-state index in [9.17, 15) is 8.78 Å². The molecular weight excluding hydrogens is 214 g/mol. The summed E-state index contributed by atoms with van der Waals surface area (Å²) < 4.78 is 26.7. The second-order valence-corrected chi connectivity index (χ2v) is 4.04. The molecule has 0 fully saturated rings. The van der Waals surface area contributed by atoms with Gasteiger partial charge in [0.2, 0.25) is 0 Å². The van der Waals surface area contributed by atoms with Crippen LogP contribution in [0.5, 0.6) is 0 Å². The summed E-state index contributed by atoms with van der Waals surface area (Å²) in [6, 6.07) is 3.38. The molecule has 86 valence electrons. The van der Waals surface area contributed by atoms with Crippen molar-refractivity contribution in [3.8, 4) is 0 Å². The van der Waals surface area contributed by atoms with Gasteiger partial charge in [-0.2, -0.15) is 5.10 Å². The Labute approximate surface area is 91.1 Å². The van der Waals surface area contributed by atoms with E-state index < -0.39 is 12.0 Å². The summed E-state index contributed by atoms with van der Waals surface area (Å²) in [7, 11) is 0. The Morgan fingerprint density at radius 3 is 2.94 bits per heavy atom. The molecule has 2 aromatic heterocycles. The van der Waals surface area contributed by atoms with Gasteiger partial charge < -0.3 is 5.73 Å². The summed E-state index contributed by atoms with van der Waals surface area (Å²) in [5.41, 5.74) is 5.08. The molecule has 4 nitrogen and oxygen atoms in total. The van der Waals surface area contributed by atoms with Gasteiger partial charge in [-0.1, -0.05) is 0 Å². The number of aromatic nitrogens is 3. The lowest BCUT2D eigenvalue weighted by molar-refractivity contribution is 0.0634. The van der Waals surface area contributed by atoms with E-state index in [4.69, 9.17) is 5.73 Å². The van der Waals surface area contributed by atoms with Gasteiger partial charge in [-0.05, 0) is 13.0 Å². The molecular formula is C10H12F2N4. The van der Waals surface area contributed by atoms with Crippen LogP contribution in [0.4, 0.5) is 8.78 Å². The summed E-state index contributed by atoms with van der Waals surface area (Å²) in [6.07, 6.45) is 0.774. The SMILES string of the molecule is CC(N)(Cc1cc2ncccn2n1)C(F)F. The van der Waals surface area contributed by atoms with Crippen LogP contribution in [0.1, 0.15) is 12.6 Å². The second kappa shape index (κ2) is 3.79. The van der Waals surface area contributed by atoms with Crippen molar-refractivity contribution in [3.63, 3.8) is 0 Å². The van der Waals surface area contributed by atoms with E-state index in [2.05, 4.69) is 10.1 Å². The van der Waals surface area contributed by atoms with E-state index in [1.165, 1.54) is 11.4 Å². The predicted octanol–water partition coefficient (Wildman–Crippen LogP) is 1.25. The van der Waals surface area contributed by atoms with Crippen LogP contribution >= 0.6 is 0 Å². The summed E-state index contributed by atoms with van der Waals surface area (Å²) in [4.78, 5) is 4.05. The largest absolute Gasteiger partial charge is 0.320 e. The molecule has 0 aliphatic heterocycles. The average Bonchev–Trinajstić information content (AvgIpc) is 2.58. The highest BCUT2D eigenvalue weighted by molar-refractivity contribution is 5.38. The zero-order chi connectivity index (χ0) is 11.8. The van der Waals surface area contributed by atoms with Crippen molar-refractivity contribution >= 4 is 5.65 Å². The van der Waals surface area contributed by atoms with Gasteiger partial charge in [0.05, 0.1) is 11.2 Å². The highest BCUT2D eigenvalue weighted by atomic mass is 19.3. The normalized spacial score (nSPS) is 15.6. The Hall–Kier alpha value is -1.56. The predicted molar refractivity (Wildman–Crippen MR) is 55.3 cm³/mol. The molecule has 0 aromatic carbocycles. The molecule has 2 heterocycles. The number of rotatable bonds is 3. The first-order chi connectivity index (χ1) is 7.49. The Morgan fingerprint density at radius 1 is 1.56 bits per heavy atom. The van der Waals surface area contributed by atoms with Crippen molar-refractivity contribution in [2.75, 3.05) is 0 Å². The summed E-state index contributed by atoms with van der Waals surface area (Å²) in [6.45, 7) is 1.31. The fourth-order valence-electron chi connectivity index (χ4n) is 1.43. The Balaban J connectivity index is 2.28. The van der Waals surface area contributed by atoms with E-state index >= 15 is 0 Å². The molecule has 1 unspecified atom stereocenters. The molecule has 0 aliphatic rings. The Kier molecular flexibility index (Phi) is 2.59. The number of fused-ring (bicyclic) bond motifs is 1. The summed E-state index contributed by atoms with van der Waals surface area (Å²) in [5.74, 6) is 0. The van der Waals surface area contributed by atoms with Gasteiger partial charge in [-0.25, -0.2) is 18.3 Å². The lowest BCUT2D eigenvalue weighted by atomic mass is 9.98. The number of nitrogens with zero attached hydrogens (tertiary/aromatic N) is 3. The zero-order valence-corrected chi connectivity index (χ0v) is 8.77. The van der Waals surface area contributed by atoms with Gasteiger partial charge in [-0.3, -0.25) is 0 Å². The minimum atomic E-state index is -2.58. The van der Waals surface area contributed by atoms with E-state index in [0.29, 0.717) is 11.3 Å². The third-order valence-corrected chi connectivity index (χ3v) is 2.35. The first-order valence-electron chi connectivity index (χ1n) is 4.85. The van der Waals surface area contributed by atoms with Gasteiger partial charge in [0.15, 0.2) is 5.65 Å². The molecule has 2 N–H and O–H groups in total. The van der Waals surface area contributed by atoms with Crippen LogP contribution in [-0.2, 0) is 6.42 Å². The van der Waals surface area contributed by atoms with Crippen LogP contribution in [-0.4, -0.2) is 26.6 Å². The van der Waals surface area contributed by atoms with Crippen molar-refractivity contribution in [1.82, 2.24) is 14.6 Å². The quantitative estimate of drug-likeness (QED) is 0.857. The van der Waals surface area contributed by atoms with Crippen molar-refractivity contribution < 1.29 is 8.78 Å². The third-order valence-electron chi connectivity index (χ3n) is 2.35. The van der Waals surface area contributed by atoms with E-state index in [0.717, 1.165) is 0 Å². The van der Waals surface area contributed by atoms with Crippen molar-refractivity contribution in [2.45, 2.75) is 25.3 Å². The van der Waals surface area contributed by atoms with Crippen molar-refractivity contribution in [2.24, 2.45) is 5.73 Å². The summed E-state index contributed by atoms with van der Waals surface area (Å²) in [5, 5.41) is 4.12. The highest BCUT2D eigenvalue weighted by Crippen LogP contribution is 2.18. The van der Waals surface area contributed by atoms with Crippen LogP contribution in [0.2, 0.25) is 0 Å². The number of hydrogen-bond acceptors (Lipinski definition) is 3. The molecule has 2 rings (SSSR count). The molecule has 0 bridgehead atoms. The van der Waals surface area contributed by atoms with Crippen LogP contribution in [0.15, 0.2) is 24.5 Å². The lowest BCUT2D eigenvalue weighted by Gasteiger charge is -2.21. The molecule has 1 atom stereocenters. The standard InChI is InChI=1S/C10H12F2N4/c1-10(13,9(11)12)6-7-5-8-14-3-2-4-16(8)15-7/h2-5,9H,6,13H2,1H3.